The topological polar surface area (TPSA) is 59.2 Å². The van der Waals surface area contributed by atoms with Crippen LogP contribution in [-0.2, 0) is 0 Å². The van der Waals surface area contributed by atoms with Crippen molar-refractivity contribution in [2.45, 2.75) is 26.2 Å². The number of hydrogen-bond acceptors (Lipinski definition) is 4. The highest BCUT2D eigenvalue weighted by Gasteiger charge is 2.49. The van der Waals surface area contributed by atoms with E-state index in [4.69, 9.17) is 4.52 Å². The van der Waals surface area contributed by atoms with E-state index >= 15 is 0 Å². The average Bonchev–Trinajstić information content (AvgIpc) is 2.89. The van der Waals surface area contributed by atoms with Crippen LogP contribution in [0.5, 0.6) is 5.75 Å². The third-order valence-electron chi connectivity index (χ3n) is 4.40. The minimum absolute atomic E-state index is 0.193. The van der Waals surface area contributed by atoms with Crippen molar-refractivity contribution >= 4 is 10.8 Å². The van der Waals surface area contributed by atoms with Crippen LogP contribution in [0, 0.1) is 5.41 Å². The van der Waals surface area contributed by atoms with E-state index in [9.17, 15) is 5.11 Å². The van der Waals surface area contributed by atoms with Crippen molar-refractivity contribution in [1.29, 1.82) is 0 Å². The van der Waals surface area contributed by atoms with Crippen molar-refractivity contribution in [1.82, 2.24) is 10.1 Å². The van der Waals surface area contributed by atoms with Crippen LogP contribution in [0.3, 0.4) is 0 Å². The van der Waals surface area contributed by atoms with Crippen LogP contribution in [0.4, 0.5) is 0 Å². The Labute approximate surface area is 122 Å². The lowest BCUT2D eigenvalue weighted by atomic mass is 10.1. The Morgan fingerprint density at radius 3 is 2.71 bits per heavy atom. The molecule has 2 aromatic carbocycles. The lowest BCUT2D eigenvalue weighted by Gasteiger charge is -2.04. The fourth-order valence-electron chi connectivity index (χ4n) is 2.82. The van der Waals surface area contributed by atoms with E-state index < -0.39 is 0 Å². The van der Waals surface area contributed by atoms with E-state index in [0.717, 1.165) is 23.0 Å². The van der Waals surface area contributed by atoms with Gasteiger partial charge in [-0.05, 0) is 23.3 Å². The zero-order valence-electron chi connectivity index (χ0n) is 12.0. The quantitative estimate of drug-likeness (QED) is 0.767. The minimum Gasteiger partial charge on any atom is -0.506 e. The maximum absolute atomic E-state index is 10.4. The normalized spacial score (nSPS) is 19.8. The van der Waals surface area contributed by atoms with Gasteiger partial charge in [-0.15, -0.1) is 0 Å². The average molecular weight is 280 g/mol. The summed E-state index contributed by atoms with van der Waals surface area (Å²) in [5, 5.41) is 16.3. The molecule has 1 aliphatic carbocycles. The molecule has 106 valence electrons. The fraction of sp³-hybridized carbons (Fsp3) is 0.294. The second kappa shape index (κ2) is 4.07. The van der Waals surface area contributed by atoms with Gasteiger partial charge in [-0.1, -0.05) is 49.3 Å². The van der Waals surface area contributed by atoms with E-state index in [0.29, 0.717) is 17.4 Å². The van der Waals surface area contributed by atoms with E-state index in [1.54, 1.807) is 0 Å². The summed E-state index contributed by atoms with van der Waals surface area (Å²) in [6, 6.07) is 11.5. The maximum Gasteiger partial charge on any atom is 0.261 e. The number of aromatic hydroxyl groups is 1. The van der Waals surface area contributed by atoms with Crippen molar-refractivity contribution in [3.8, 4) is 17.2 Å². The van der Waals surface area contributed by atoms with Crippen molar-refractivity contribution in [3.63, 3.8) is 0 Å². The first-order chi connectivity index (χ1) is 10.1. The Bertz CT molecular complexity index is 836. The van der Waals surface area contributed by atoms with Gasteiger partial charge in [0.25, 0.3) is 5.89 Å². The molecule has 0 bridgehead atoms. The molecule has 1 fully saturated rings. The molecule has 1 aliphatic rings. The molecular formula is C17H16N2O2. The van der Waals surface area contributed by atoms with Crippen molar-refractivity contribution in [2.24, 2.45) is 5.41 Å². The number of rotatable bonds is 2. The molecule has 0 aliphatic heterocycles. The molecule has 1 N–H and O–H groups in total. The Kier molecular flexibility index (Phi) is 2.40. The lowest BCUT2D eigenvalue weighted by Crippen LogP contribution is -1.91. The first-order valence-electron chi connectivity index (χ1n) is 7.11. The maximum atomic E-state index is 10.4. The van der Waals surface area contributed by atoms with Gasteiger partial charge in [0.15, 0.2) is 5.82 Å². The number of benzene rings is 2. The first kappa shape index (κ1) is 12.4. The van der Waals surface area contributed by atoms with Gasteiger partial charge >= 0.3 is 0 Å². The molecular weight excluding hydrogens is 264 g/mol. The largest absolute Gasteiger partial charge is 0.506 e. The van der Waals surface area contributed by atoms with Crippen LogP contribution in [-0.4, -0.2) is 15.2 Å². The van der Waals surface area contributed by atoms with Crippen LogP contribution < -0.4 is 0 Å². The highest BCUT2D eigenvalue weighted by Crippen LogP contribution is 2.57. The van der Waals surface area contributed by atoms with Gasteiger partial charge in [-0.2, -0.15) is 4.98 Å². The summed E-state index contributed by atoms with van der Waals surface area (Å²) in [5.41, 5.74) is 0.845. The van der Waals surface area contributed by atoms with Crippen LogP contribution >= 0.6 is 0 Å². The Morgan fingerprint density at radius 2 is 1.95 bits per heavy atom. The predicted molar refractivity (Wildman–Crippen MR) is 80.0 cm³/mol. The Morgan fingerprint density at radius 1 is 1.19 bits per heavy atom. The predicted octanol–water partition coefficient (Wildman–Crippen LogP) is 4.11. The zero-order valence-corrected chi connectivity index (χ0v) is 12.0. The molecule has 0 radical (unpaired) electrons. The number of hydrogen-bond donors (Lipinski definition) is 1. The SMILES string of the molecule is CC1(C)CC1c1noc(-c2ccc3ccccc3c2O)n1. The molecule has 1 saturated carbocycles. The number of phenols is 1. The van der Waals surface area contributed by atoms with Crippen LogP contribution in [0.15, 0.2) is 40.9 Å². The van der Waals surface area contributed by atoms with Crippen LogP contribution in [0.2, 0.25) is 0 Å². The third kappa shape index (κ3) is 1.90. The molecule has 4 heteroatoms. The molecule has 1 atom stereocenters. The smallest absolute Gasteiger partial charge is 0.261 e. The van der Waals surface area contributed by atoms with Gasteiger partial charge in [0, 0.05) is 11.3 Å². The summed E-state index contributed by atoms with van der Waals surface area (Å²) in [6.07, 6.45) is 1.08. The molecule has 3 aromatic rings. The van der Waals surface area contributed by atoms with Crippen LogP contribution in [0.25, 0.3) is 22.2 Å². The molecule has 0 spiro atoms. The monoisotopic (exact) mass is 280 g/mol. The summed E-state index contributed by atoms with van der Waals surface area (Å²) in [5.74, 6) is 1.68. The van der Waals surface area contributed by atoms with E-state index in [2.05, 4.69) is 24.0 Å². The highest BCUT2D eigenvalue weighted by molar-refractivity contribution is 5.93. The van der Waals surface area contributed by atoms with E-state index in [1.807, 2.05) is 36.4 Å². The zero-order chi connectivity index (χ0) is 14.6. The standard InChI is InChI=1S/C17H16N2O2/c1-17(2)9-13(17)15-18-16(21-19-15)12-8-7-10-5-3-4-6-11(10)14(12)20/h3-8,13,20H,9H2,1-2H3. The van der Waals surface area contributed by atoms with Gasteiger partial charge < -0.3 is 9.63 Å². The van der Waals surface area contributed by atoms with Gasteiger partial charge in [-0.25, -0.2) is 0 Å². The van der Waals surface area contributed by atoms with E-state index in [1.165, 1.54) is 0 Å². The second-order valence-electron chi connectivity index (χ2n) is 6.39. The Balaban J connectivity index is 1.79. The minimum atomic E-state index is 0.193. The highest BCUT2D eigenvalue weighted by atomic mass is 16.5. The number of phenolic OH excluding ortho intramolecular Hbond substituents is 1. The molecule has 4 rings (SSSR count). The molecule has 0 amide bonds. The molecule has 1 aromatic heterocycles. The fourth-order valence-corrected chi connectivity index (χ4v) is 2.82. The molecule has 1 heterocycles. The molecule has 21 heavy (non-hydrogen) atoms. The first-order valence-corrected chi connectivity index (χ1v) is 7.11. The summed E-state index contributed by atoms with van der Waals surface area (Å²) < 4.78 is 5.35. The summed E-state index contributed by atoms with van der Waals surface area (Å²) in [7, 11) is 0. The van der Waals surface area contributed by atoms with Gasteiger partial charge in [0.05, 0.1) is 5.56 Å². The van der Waals surface area contributed by atoms with Crippen molar-refractivity contribution < 1.29 is 9.63 Å². The van der Waals surface area contributed by atoms with Gasteiger partial charge in [0.2, 0.25) is 0 Å². The van der Waals surface area contributed by atoms with Crippen molar-refractivity contribution in [2.75, 3.05) is 0 Å². The van der Waals surface area contributed by atoms with Crippen molar-refractivity contribution in [3.05, 3.63) is 42.2 Å². The Hall–Kier alpha value is -2.36. The lowest BCUT2D eigenvalue weighted by molar-refractivity contribution is 0.415. The molecule has 0 saturated heterocycles. The molecule has 4 nitrogen and oxygen atoms in total. The van der Waals surface area contributed by atoms with Gasteiger partial charge in [0.1, 0.15) is 5.75 Å². The number of aromatic nitrogens is 2. The summed E-state index contributed by atoms with van der Waals surface area (Å²) >= 11 is 0. The number of fused-ring (bicyclic) bond motifs is 1. The van der Waals surface area contributed by atoms with Gasteiger partial charge in [-0.3, -0.25) is 0 Å². The van der Waals surface area contributed by atoms with Crippen LogP contribution in [0.1, 0.15) is 32.0 Å². The third-order valence-corrected chi connectivity index (χ3v) is 4.40. The summed E-state index contributed by atoms with van der Waals surface area (Å²) in [4.78, 5) is 4.47. The number of nitrogens with zero attached hydrogens (tertiary/aromatic N) is 2. The van der Waals surface area contributed by atoms with E-state index in [-0.39, 0.29) is 11.2 Å². The summed E-state index contributed by atoms with van der Waals surface area (Å²) in [6.45, 7) is 4.39. The molecule has 1 unspecified atom stereocenters. The second-order valence-corrected chi connectivity index (χ2v) is 6.39.